The predicted molar refractivity (Wildman–Crippen MR) is 104 cm³/mol. The lowest BCUT2D eigenvalue weighted by Gasteiger charge is -2.09. The first-order valence-corrected chi connectivity index (χ1v) is 9.94. The van der Waals surface area contributed by atoms with Crippen LogP contribution >= 0.6 is 0 Å². The Morgan fingerprint density at radius 3 is 2.50 bits per heavy atom. The van der Waals surface area contributed by atoms with E-state index < -0.39 is 37.5 Å². The highest BCUT2D eigenvalue weighted by atomic mass is 32.2. The van der Waals surface area contributed by atoms with E-state index in [1.54, 1.807) is 19.1 Å². The number of benzene rings is 2. The van der Waals surface area contributed by atoms with Crippen molar-refractivity contribution in [1.82, 2.24) is 0 Å². The lowest BCUT2D eigenvalue weighted by atomic mass is 10.1. The average molecular weight is 433 g/mol. The molecule has 0 saturated carbocycles. The van der Waals surface area contributed by atoms with Crippen LogP contribution in [0.3, 0.4) is 0 Å². The first kappa shape index (κ1) is 21.0. The summed E-state index contributed by atoms with van der Waals surface area (Å²) in [5, 5.41) is 11.6. The fourth-order valence-corrected chi connectivity index (χ4v) is 3.61. The first-order valence-electron chi connectivity index (χ1n) is 8.53. The van der Waals surface area contributed by atoms with E-state index >= 15 is 0 Å². The van der Waals surface area contributed by atoms with Crippen molar-refractivity contribution in [2.45, 2.75) is 18.2 Å². The molecule has 0 aliphatic carbocycles. The summed E-state index contributed by atoms with van der Waals surface area (Å²) in [6.07, 6.45) is -0.00613. The van der Waals surface area contributed by atoms with Gasteiger partial charge in [-0.1, -0.05) is 17.7 Å². The fourth-order valence-electron chi connectivity index (χ4n) is 2.68. The molecule has 0 aliphatic rings. The quantitative estimate of drug-likeness (QED) is 0.172. The third-order valence-corrected chi connectivity index (χ3v) is 5.36. The third kappa shape index (κ3) is 4.30. The standard InChI is InChI=1S/C19H15NO9S/c1-12-2-4-14(5-3-12)30(25,26)29-17-7-6-15-16(22)10-13(8-9-27-11-21)28-19(15)18(17)20(23)24/h2-7,10-11H,8-9H2,1H3. The number of carbonyl (C=O) groups excluding carboxylic acids is 1. The molecule has 1 heterocycles. The Bertz CT molecular complexity index is 1280. The second kappa shape index (κ2) is 8.33. The Morgan fingerprint density at radius 1 is 1.17 bits per heavy atom. The van der Waals surface area contributed by atoms with Crippen molar-refractivity contribution in [1.29, 1.82) is 0 Å². The molecule has 0 fully saturated rings. The zero-order valence-electron chi connectivity index (χ0n) is 15.6. The molecule has 0 N–H and O–H groups in total. The molecule has 3 aromatic rings. The van der Waals surface area contributed by atoms with Crippen molar-refractivity contribution in [2.75, 3.05) is 6.61 Å². The van der Waals surface area contributed by atoms with Gasteiger partial charge < -0.3 is 13.3 Å². The Kier molecular flexibility index (Phi) is 5.83. The fraction of sp³-hybridized carbons (Fsp3) is 0.158. The summed E-state index contributed by atoms with van der Waals surface area (Å²) in [5.41, 5.74) is -1.00. The summed E-state index contributed by atoms with van der Waals surface area (Å²) in [6, 6.07) is 9.04. The zero-order valence-corrected chi connectivity index (χ0v) is 16.4. The molecule has 0 atom stereocenters. The molecule has 0 unspecified atom stereocenters. The Balaban J connectivity index is 2.11. The van der Waals surface area contributed by atoms with Crippen molar-refractivity contribution in [3.8, 4) is 5.75 Å². The Hall–Kier alpha value is -3.73. The van der Waals surface area contributed by atoms with E-state index in [0.29, 0.717) is 0 Å². The Labute approximate surface area is 169 Å². The maximum absolute atomic E-state index is 12.5. The molecule has 0 saturated heterocycles. The number of nitro benzene ring substituents is 1. The number of aryl methyl sites for hydroxylation is 1. The van der Waals surface area contributed by atoms with Crippen LogP contribution in [0.5, 0.6) is 5.75 Å². The van der Waals surface area contributed by atoms with Crippen LogP contribution in [0.2, 0.25) is 0 Å². The van der Waals surface area contributed by atoms with E-state index in [9.17, 15) is 28.1 Å². The first-order chi connectivity index (χ1) is 14.2. The smallest absolute Gasteiger partial charge is 0.355 e. The predicted octanol–water partition coefficient (Wildman–Crippen LogP) is 2.49. The summed E-state index contributed by atoms with van der Waals surface area (Å²) in [6.45, 7) is 1.87. The van der Waals surface area contributed by atoms with Gasteiger partial charge in [-0.15, -0.1) is 0 Å². The van der Waals surface area contributed by atoms with Crippen molar-refractivity contribution in [2.24, 2.45) is 0 Å². The van der Waals surface area contributed by atoms with Crippen molar-refractivity contribution in [3.05, 3.63) is 74.1 Å². The molecule has 30 heavy (non-hydrogen) atoms. The summed E-state index contributed by atoms with van der Waals surface area (Å²) in [7, 11) is -4.38. The Morgan fingerprint density at radius 2 is 1.87 bits per heavy atom. The molecule has 0 radical (unpaired) electrons. The average Bonchev–Trinajstić information content (AvgIpc) is 2.67. The van der Waals surface area contributed by atoms with E-state index in [2.05, 4.69) is 4.74 Å². The van der Waals surface area contributed by atoms with Crippen LogP contribution in [0, 0.1) is 17.0 Å². The minimum atomic E-state index is -4.38. The summed E-state index contributed by atoms with van der Waals surface area (Å²) in [4.78, 5) is 33.2. The van der Waals surface area contributed by atoms with Gasteiger partial charge in [-0.05, 0) is 31.2 Å². The van der Waals surface area contributed by atoms with Gasteiger partial charge in [-0.25, -0.2) is 0 Å². The number of hydrogen-bond donors (Lipinski definition) is 0. The van der Waals surface area contributed by atoms with Crippen LogP contribution in [0.4, 0.5) is 5.69 Å². The molecular weight excluding hydrogens is 418 g/mol. The number of hydrogen-bond acceptors (Lipinski definition) is 9. The van der Waals surface area contributed by atoms with Crippen LogP contribution in [0.1, 0.15) is 11.3 Å². The number of ether oxygens (including phenoxy) is 1. The van der Waals surface area contributed by atoms with Crippen LogP contribution in [-0.4, -0.2) is 26.4 Å². The second-order valence-corrected chi connectivity index (χ2v) is 7.74. The van der Waals surface area contributed by atoms with Crippen molar-refractivity contribution < 1.29 is 31.5 Å². The molecule has 0 bridgehead atoms. The van der Waals surface area contributed by atoms with Gasteiger partial charge in [0.2, 0.25) is 11.3 Å². The van der Waals surface area contributed by atoms with Gasteiger partial charge in [0.15, 0.2) is 5.43 Å². The topological polar surface area (TPSA) is 143 Å². The van der Waals surface area contributed by atoms with Crippen molar-refractivity contribution in [3.63, 3.8) is 0 Å². The van der Waals surface area contributed by atoms with Gasteiger partial charge in [0.1, 0.15) is 10.7 Å². The number of nitro groups is 1. The second-order valence-electron chi connectivity index (χ2n) is 6.19. The van der Waals surface area contributed by atoms with Crippen molar-refractivity contribution >= 4 is 33.2 Å². The molecule has 3 rings (SSSR count). The van der Waals surface area contributed by atoms with E-state index in [1.807, 2.05) is 0 Å². The van der Waals surface area contributed by atoms with Gasteiger partial charge in [-0.2, -0.15) is 8.42 Å². The minimum Gasteiger partial charge on any atom is -0.467 e. The van der Waals surface area contributed by atoms with Crippen LogP contribution in [0.15, 0.2) is 56.6 Å². The number of fused-ring (bicyclic) bond motifs is 1. The van der Waals surface area contributed by atoms with Gasteiger partial charge in [0.25, 0.3) is 6.47 Å². The number of carbonyl (C=O) groups is 1. The molecule has 0 spiro atoms. The molecule has 11 heteroatoms. The highest BCUT2D eigenvalue weighted by Crippen LogP contribution is 2.36. The van der Waals surface area contributed by atoms with Gasteiger partial charge >= 0.3 is 15.8 Å². The van der Waals surface area contributed by atoms with E-state index in [0.717, 1.165) is 17.7 Å². The molecule has 1 aromatic heterocycles. The summed E-state index contributed by atoms with van der Waals surface area (Å²) >= 11 is 0. The lowest BCUT2D eigenvalue weighted by molar-refractivity contribution is -0.384. The molecule has 2 aromatic carbocycles. The maximum atomic E-state index is 12.5. The van der Waals surface area contributed by atoms with Gasteiger partial charge in [-0.3, -0.25) is 19.7 Å². The molecule has 0 amide bonds. The molecule has 156 valence electrons. The zero-order chi connectivity index (χ0) is 21.9. The SMILES string of the molecule is Cc1ccc(S(=O)(=O)Oc2ccc3c(=O)cc(CCOC=O)oc3c2[N+](=O)[O-])cc1. The lowest BCUT2D eigenvalue weighted by Crippen LogP contribution is -2.12. The van der Waals surface area contributed by atoms with Gasteiger partial charge in [0, 0.05) is 12.5 Å². The van der Waals surface area contributed by atoms with Crippen LogP contribution in [-0.2, 0) is 26.1 Å². The largest absolute Gasteiger partial charge is 0.467 e. The molecular formula is C19H15NO9S. The maximum Gasteiger partial charge on any atom is 0.355 e. The number of nitrogens with zero attached hydrogens (tertiary/aromatic N) is 1. The normalized spacial score (nSPS) is 11.2. The van der Waals surface area contributed by atoms with Crippen LogP contribution < -0.4 is 9.61 Å². The van der Waals surface area contributed by atoms with E-state index in [-0.39, 0.29) is 35.5 Å². The summed E-state index contributed by atoms with van der Waals surface area (Å²) in [5.74, 6) is -0.575. The summed E-state index contributed by atoms with van der Waals surface area (Å²) < 4.78 is 40.1. The van der Waals surface area contributed by atoms with E-state index in [4.69, 9.17) is 8.60 Å². The molecule has 10 nitrogen and oxygen atoms in total. The van der Waals surface area contributed by atoms with Crippen LogP contribution in [0.25, 0.3) is 11.0 Å². The third-order valence-electron chi connectivity index (χ3n) is 4.11. The van der Waals surface area contributed by atoms with Gasteiger partial charge in [0.05, 0.1) is 16.9 Å². The van der Waals surface area contributed by atoms with E-state index in [1.165, 1.54) is 18.2 Å². The highest BCUT2D eigenvalue weighted by molar-refractivity contribution is 7.87. The monoisotopic (exact) mass is 433 g/mol. The number of rotatable bonds is 8. The highest BCUT2D eigenvalue weighted by Gasteiger charge is 2.28. The minimum absolute atomic E-state index is 0.00613. The molecule has 0 aliphatic heterocycles.